The Morgan fingerprint density at radius 3 is 1.14 bits per heavy atom. The SMILES string of the molecule is CCCC.O=C([O-])CC(O)(CC(=O)[O-])C(=O)[O-].[OH-].[OH-].[OH-].[OH-].[Ti]. The summed E-state index contributed by atoms with van der Waals surface area (Å²) in [4.78, 5) is 30.0. The number of hydrogen-bond donors (Lipinski definition) is 1. The maximum Gasteiger partial charge on any atom is 0.114 e. The summed E-state index contributed by atoms with van der Waals surface area (Å²) in [6.45, 7) is 4.36. The Hall–Kier alpha value is -1.08. The third-order valence-corrected chi connectivity index (χ3v) is 1.75. The molecule has 0 radical (unpaired) electrons. The van der Waals surface area contributed by atoms with Crippen LogP contribution in [0, 0.1) is 0 Å². The molecule has 0 amide bonds. The normalized spacial score (nSPS) is 7.77. The summed E-state index contributed by atoms with van der Waals surface area (Å²) in [5.41, 5.74) is -2.97. The molecule has 0 aliphatic carbocycles. The summed E-state index contributed by atoms with van der Waals surface area (Å²) >= 11 is 0. The summed E-state index contributed by atoms with van der Waals surface area (Å²) in [6.07, 6.45) is -0.0768. The van der Waals surface area contributed by atoms with Gasteiger partial charge in [-0.05, 0) is 0 Å². The maximum absolute atomic E-state index is 10.1. The zero-order valence-corrected chi connectivity index (χ0v) is 13.6. The number of carbonyl (C=O) groups excluding carboxylic acids is 3. The topological polar surface area (TPSA) is 261 Å². The Kier molecular flexibility index (Phi) is 43.2. The zero-order chi connectivity index (χ0) is 14.1. The minimum Gasteiger partial charge on any atom is -0.870 e. The van der Waals surface area contributed by atoms with Gasteiger partial charge in [0, 0.05) is 46.5 Å². The molecule has 0 aromatic rings. The smallest absolute Gasteiger partial charge is 0.114 e. The van der Waals surface area contributed by atoms with Gasteiger partial charge in [0.15, 0.2) is 0 Å². The number of carbonyl (C=O) groups is 3. The first-order chi connectivity index (χ1) is 7.69. The van der Waals surface area contributed by atoms with E-state index in [9.17, 15) is 29.7 Å². The van der Waals surface area contributed by atoms with Gasteiger partial charge in [0.05, 0.1) is 5.97 Å². The average Bonchev–Trinajstić information content (AvgIpc) is 2.15. The number of carboxylic acids is 3. The summed E-state index contributed by atoms with van der Waals surface area (Å²) in [5.74, 6) is -5.98. The molecule has 22 heavy (non-hydrogen) atoms. The van der Waals surface area contributed by atoms with Crippen LogP contribution >= 0.6 is 0 Å². The molecule has 0 aliphatic heterocycles. The van der Waals surface area contributed by atoms with E-state index < -0.39 is 36.4 Å². The predicted molar refractivity (Wildman–Crippen MR) is 57.5 cm³/mol. The van der Waals surface area contributed by atoms with Crippen molar-refractivity contribution >= 4 is 17.9 Å². The molecule has 0 bridgehead atoms. The molecular formula is C10H19O11Ti-7. The Morgan fingerprint density at radius 1 is 0.818 bits per heavy atom. The minimum absolute atomic E-state index is 0. The van der Waals surface area contributed by atoms with Gasteiger partial charge in [-0.25, -0.2) is 0 Å². The molecule has 0 aromatic carbocycles. The second kappa shape index (κ2) is 22.2. The van der Waals surface area contributed by atoms with Gasteiger partial charge >= 0.3 is 0 Å². The molecule has 0 saturated heterocycles. The van der Waals surface area contributed by atoms with Crippen molar-refractivity contribution in [3.8, 4) is 0 Å². The van der Waals surface area contributed by atoms with E-state index in [1.165, 1.54) is 12.8 Å². The maximum atomic E-state index is 10.1. The van der Waals surface area contributed by atoms with E-state index in [1.807, 2.05) is 0 Å². The first-order valence-corrected chi connectivity index (χ1v) is 5.03. The van der Waals surface area contributed by atoms with E-state index >= 15 is 0 Å². The van der Waals surface area contributed by atoms with Crippen LogP contribution in [0.1, 0.15) is 39.5 Å². The van der Waals surface area contributed by atoms with Crippen molar-refractivity contribution in [2.75, 3.05) is 0 Å². The fraction of sp³-hybridized carbons (Fsp3) is 0.700. The third-order valence-electron chi connectivity index (χ3n) is 1.75. The van der Waals surface area contributed by atoms with Gasteiger partial charge in [0.1, 0.15) is 5.60 Å². The van der Waals surface area contributed by atoms with E-state index in [4.69, 9.17) is 5.11 Å². The monoisotopic (exact) mass is 363 g/mol. The van der Waals surface area contributed by atoms with Crippen molar-refractivity contribution in [3.05, 3.63) is 0 Å². The summed E-state index contributed by atoms with van der Waals surface area (Å²) < 4.78 is 0. The van der Waals surface area contributed by atoms with E-state index in [-0.39, 0.29) is 43.6 Å². The first-order valence-electron chi connectivity index (χ1n) is 5.03. The van der Waals surface area contributed by atoms with Crippen LogP contribution in [-0.4, -0.2) is 50.5 Å². The molecule has 0 aliphatic rings. The fourth-order valence-corrected chi connectivity index (χ4v) is 0.684. The van der Waals surface area contributed by atoms with Crippen molar-refractivity contribution in [2.45, 2.75) is 45.1 Å². The number of hydrogen-bond acceptors (Lipinski definition) is 11. The molecule has 5 N–H and O–H groups in total. The van der Waals surface area contributed by atoms with Crippen LogP contribution in [0.4, 0.5) is 0 Å². The Balaban J connectivity index is -0.0000000450. The minimum atomic E-state index is -2.97. The fourth-order valence-electron chi connectivity index (χ4n) is 0.684. The van der Waals surface area contributed by atoms with Gasteiger partial charge in [-0.1, -0.05) is 26.7 Å². The Labute approximate surface area is 142 Å². The summed E-state index contributed by atoms with van der Waals surface area (Å²) in [7, 11) is 0. The molecule has 136 valence electrons. The van der Waals surface area contributed by atoms with Crippen molar-refractivity contribution < 1.29 is 78.4 Å². The molecule has 0 saturated carbocycles. The van der Waals surface area contributed by atoms with Crippen LogP contribution in [0.25, 0.3) is 0 Å². The van der Waals surface area contributed by atoms with Crippen molar-refractivity contribution in [2.24, 2.45) is 0 Å². The molecule has 0 heterocycles. The van der Waals surface area contributed by atoms with Crippen molar-refractivity contribution in [3.63, 3.8) is 0 Å². The van der Waals surface area contributed by atoms with Crippen LogP contribution in [-0.2, 0) is 36.1 Å². The quantitative estimate of drug-likeness (QED) is 0.442. The van der Waals surface area contributed by atoms with Gasteiger partial charge in [-0.2, -0.15) is 0 Å². The number of carboxylic acid groups (broad SMARTS) is 3. The van der Waals surface area contributed by atoms with E-state index in [0.717, 1.165) is 0 Å². The van der Waals surface area contributed by atoms with Gasteiger partial charge in [0.25, 0.3) is 0 Å². The van der Waals surface area contributed by atoms with Gasteiger partial charge in [-0.3, -0.25) is 0 Å². The van der Waals surface area contributed by atoms with E-state index in [0.29, 0.717) is 0 Å². The first kappa shape index (κ1) is 42.8. The number of aliphatic hydroxyl groups is 1. The van der Waals surface area contributed by atoms with Gasteiger partial charge in [0.2, 0.25) is 0 Å². The Morgan fingerprint density at radius 2 is 1.05 bits per heavy atom. The number of unbranched alkanes of at least 4 members (excludes halogenated alkanes) is 1. The molecule has 11 nitrogen and oxygen atoms in total. The van der Waals surface area contributed by atoms with Gasteiger partial charge in [-0.15, -0.1) is 0 Å². The van der Waals surface area contributed by atoms with Crippen molar-refractivity contribution in [1.82, 2.24) is 0 Å². The third kappa shape index (κ3) is 24.0. The molecule has 12 heteroatoms. The van der Waals surface area contributed by atoms with Crippen LogP contribution in [0.2, 0.25) is 0 Å². The number of aliphatic carboxylic acids is 3. The molecule has 0 atom stereocenters. The van der Waals surface area contributed by atoms with Crippen LogP contribution < -0.4 is 15.3 Å². The summed E-state index contributed by atoms with van der Waals surface area (Å²) in [6, 6.07) is 0. The van der Waals surface area contributed by atoms with Crippen molar-refractivity contribution in [1.29, 1.82) is 0 Å². The largest absolute Gasteiger partial charge is 0.870 e. The molecule has 0 aromatic heterocycles. The zero-order valence-electron chi connectivity index (χ0n) is 12.0. The molecule has 0 fully saturated rings. The molecule has 0 unspecified atom stereocenters. The van der Waals surface area contributed by atoms with Crippen LogP contribution in [0.5, 0.6) is 0 Å². The standard InChI is InChI=1S/C6H8O7.C4H10.4H2O.Ti/c7-3(8)1-6(13,5(11)12)2-4(9)10;1-3-4-2;;;;;/h13H,1-2H2,(H,7,8)(H,9,10)(H,11,12);3-4H2,1-2H3;4*1H2;/p-7. The Bertz CT molecular complexity index is 264. The van der Waals surface area contributed by atoms with E-state index in [2.05, 4.69) is 13.8 Å². The molecular weight excluding hydrogens is 344 g/mol. The average molecular weight is 363 g/mol. The second-order valence-electron chi connectivity index (χ2n) is 3.42. The van der Waals surface area contributed by atoms with Crippen LogP contribution in [0.3, 0.4) is 0 Å². The molecule has 0 rings (SSSR count). The van der Waals surface area contributed by atoms with Gasteiger partial charge < -0.3 is 56.7 Å². The number of rotatable bonds is 6. The second-order valence-corrected chi connectivity index (χ2v) is 3.42. The van der Waals surface area contributed by atoms with E-state index in [1.54, 1.807) is 0 Å². The summed E-state index contributed by atoms with van der Waals surface area (Å²) in [5, 5.41) is 38.9. The predicted octanol–water partition coefficient (Wildman–Crippen LogP) is -4.16. The molecule has 0 spiro atoms. The van der Waals surface area contributed by atoms with Crippen LogP contribution in [0.15, 0.2) is 0 Å².